The van der Waals surface area contributed by atoms with Gasteiger partial charge < -0.3 is 4.90 Å². The van der Waals surface area contributed by atoms with E-state index in [1.54, 1.807) is 6.07 Å². The summed E-state index contributed by atoms with van der Waals surface area (Å²) in [6.07, 6.45) is 0.924. The molecule has 1 nitrogen and oxygen atoms in total. The van der Waals surface area contributed by atoms with E-state index < -0.39 is 0 Å². The smallest absolute Gasteiger partial charge is 0.127 e. The number of halogens is 3. The summed E-state index contributed by atoms with van der Waals surface area (Å²) >= 11 is 8.93. The van der Waals surface area contributed by atoms with Crippen LogP contribution in [0, 0.1) is 5.82 Å². The molecule has 0 amide bonds. The molecule has 15 heavy (non-hydrogen) atoms. The van der Waals surface area contributed by atoms with E-state index in [2.05, 4.69) is 20.8 Å². The van der Waals surface area contributed by atoms with Crippen molar-refractivity contribution in [3.05, 3.63) is 34.1 Å². The van der Waals surface area contributed by atoms with Gasteiger partial charge in [-0.3, -0.25) is 0 Å². The number of hydrogen-bond acceptors (Lipinski definition) is 1. The van der Waals surface area contributed by atoms with E-state index >= 15 is 0 Å². The molecule has 0 heterocycles. The van der Waals surface area contributed by atoms with E-state index in [-0.39, 0.29) is 5.82 Å². The molecule has 0 aromatic heterocycles. The van der Waals surface area contributed by atoms with Crippen molar-refractivity contribution in [3.63, 3.8) is 0 Å². The molecular formula is C11H14BrClFN. The van der Waals surface area contributed by atoms with Gasteiger partial charge in [0.05, 0.1) is 0 Å². The molecule has 0 spiro atoms. The van der Waals surface area contributed by atoms with Gasteiger partial charge in [-0.05, 0) is 38.2 Å². The van der Waals surface area contributed by atoms with Gasteiger partial charge in [-0.25, -0.2) is 4.39 Å². The first kappa shape index (κ1) is 12.9. The van der Waals surface area contributed by atoms with Crippen molar-refractivity contribution in [2.45, 2.75) is 13.0 Å². The Morgan fingerprint density at radius 1 is 1.47 bits per heavy atom. The molecule has 0 atom stereocenters. The molecule has 0 bridgehead atoms. The summed E-state index contributed by atoms with van der Waals surface area (Å²) in [5.41, 5.74) is 0.710. The zero-order chi connectivity index (χ0) is 11.3. The Hall–Kier alpha value is -0.120. The van der Waals surface area contributed by atoms with E-state index in [9.17, 15) is 4.39 Å². The quantitative estimate of drug-likeness (QED) is 0.749. The molecule has 1 rings (SSSR count). The molecule has 0 saturated heterocycles. The Kier molecular flexibility index (Phi) is 5.58. The molecule has 0 saturated carbocycles. The molecule has 1 aromatic rings. The van der Waals surface area contributed by atoms with Crippen LogP contribution in [-0.2, 0) is 6.54 Å². The van der Waals surface area contributed by atoms with Crippen molar-refractivity contribution in [1.29, 1.82) is 0 Å². The zero-order valence-corrected chi connectivity index (χ0v) is 11.0. The monoisotopic (exact) mass is 293 g/mol. The highest BCUT2D eigenvalue weighted by Gasteiger charge is 2.05. The third-order valence-corrected chi connectivity index (χ3v) is 2.88. The molecule has 0 radical (unpaired) electrons. The lowest BCUT2D eigenvalue weighted by molar-refractivity contribution is 0.322. The van der Waals surface area contributed by atoms with Crippen molar-refractivity contribution < 1.29 is 4.39 Å². The highest BCUT2D eigenvalue weighted by molar-refractivity contribution is 9.10. The van der Waals surface area contributed by atoms with Gasteiger partial charge in [-0.1, -0.05) is 15.9 Å². The van der Waals surface area contributed by atoms with Gasteiger partial charge in [0, 0.05) is 22.5 Å². The second-order valence-corrected chi connectivity index (χ2v) is 4.81. The largest absolute Gasteiger partial charge is 0.302 e. The second kappa shape index (κ2) is 6.46. The van der Waals surface area contributed by atoms with Gasteiger partial charge in [0.25, 0.3) is 0 Å². The zero-order valence-electron chi connectivity index (χ0n) is 8.64. The van der Waals surface area contributed by atoms with E-state index in [0.717, 1.165) is 17.4 Å². The average Bonchev–Trinajstić information content (AvgIpc) is 2.20. The SMILES string of the molecule is CN(CCCCl)Cc1cc(Br)ccc1F. The summed E-state index contributed by atoms with van der Waals surface area (Å²) in [5, 5.41) is 0. The predicted octanol–water partition coefficient (Wildman–Crippen LogP) is 3.65. The third kappa shape index (κ3) is 4.49. The molecule has 0 fully saturated rings. The Balaban J connectivity index is 2.59. The molecule has 0 aliphatic carbocycles. The Bertz CT molecular complexity index is 319. The van der Waals surface area contributed by atoms with Gasteiger partial charge in [0.1, 0.15) is 5.82 Å². The van der Waals surface area contributed by atoms with E-state index in [4.69, 9.17) is 11.6 Å². The van der Waals surface area contributed by atoms with Crippen molar-refractivity contribution in [1.82, 2.24) is 4.90 Å². The van der Waals surface area contributed by atoms with Crippen molar-refractivity contribution in [2.75, 3.05) is 19.5 Å². The summed E-state index contributed by atoms with van der Waals surface area (Å²) in [7, 11) is 1.97. The van der Waals surface area contributed by atoms with Crippen LogP contribution >= 0.6 is 27.5 Å². The Labute approximate surface area is 103 Å². The minimum Gasteiger partial charge on any atom is -0.302 e. The van der Waals surface area contributed by atoms with Crippen LogP contribution in [0.4, 0.5) is 4.39 Å². The van der Waals surface area contributed by atoms with Gasteiger partial charge in [0.15, 0.2) is 0 Å². The highest BCUT2D eigenvalue weighted by Crippen LogP contribution is 2.16. The lowest BCUT2D eigenvalue weighted by atomic mass is 10.2. The fraction of sp³-hybridized carbons (Fsp3) is 0.455. The van der Waals surface area contributed by atoms with Crippen molar-refractivity contribution in [3.8, 4) is 0 Å². The number of benzene rings is 1. The molecular weight excluding hydrogens is 280 g/mol. The normalized spacial score (nSPS) is 11.0. The van der Waals surface area contributed by atoms with Gasteiger partial charge in [-0.2, -0.15) is 0 Å². The summed E-state index contributed by atoms with van der Waals surface area (Å²) < 4.78 is 14.3. The van der Waals surface area contributed by atoms with Crippen LogP contribution in [0.1, 0.15) is 12.0 Å². The molecule has 0 N–H and O–H groups in total. The molecule has 0 aliphatic heterocycles. The van der Waals surface area contributed by atoms with E-state index in [1.165, 1.54) is 6.07 Å². The summed E-state index contributed by atoms with van der Waals surface area (Å²) in [5.74, 6) is 0.488. The van der Waals surface area contributed by atoms with E-state index in [0.29, 0.717) is 18.0 Å². The van der Waals surface area contributed by atoms with Crippen LogP contribution in [0.2, 0.25) is 0 Å². The Morgan fingerprint density at radius 3 is 2.87 bits per heavy atom. The Morgan fingerprint density at radius 2 is 2.20 bits per heavy atom. The lowest BCUT2D eigenvalue weighted by Gasteiger charge is -2.16. The second-order valence-electron chi connectivity index (χ2n) is 3.52. The molecule has 1 aromatic carbocycles. The maximum Gasteiger partial charge on any atom is 0.127 e. The number of hydrogen-bond donors (Lipinski definition) is 0. The molecule has 0 aliphatic rings. The summed E-state index contributed by atoms with van der Waals surface area (Å²) in [6.45, 7) is 1.50. The first-order valence-corrected chi connectivity index (χ1v) is 6.14. The maximum absolute atomic E-state index is 13.4. The first-order valence-electron chi connectivity index (χ1n) is 4.82. The minimum atomic E-state index is -0.157. The fourth-order valence-corrected chi connectivity index (χ4v) is 1.89. The van der Waals surface area contributed by atoms with Crippen LogP contribution in [-0.4, -0.2) is 24.4 Å². The van der Waals surface area contributed by atoms with Crippen LogP contribution in [0.5, 0.6) is 0 Å². The lowest BCUT2D eigenvalue weighted by Crippen LogP contribution is -2.20. The number of alkyl halides is 1. The number of nitrogens with zero attached hydrogens (tertiary/aromatic N) is 1. The first-order chi connectivity index (χ1) is 7.13. The van der Waals surface area contributed by atoms with Gasteiger partial charge in [0.2, 0.25) is 0 Å². The van der Waals surface area contributed by atoms with Crippen molar-refractivity contribution >= 4 is 27.5 Å². The fourth-order valence-electron chi connectivity index (χ4n) is 1.36. The average molecular weight is 295 g/mol. The standard InChI is InChI=1S/C11H14BrClFN/c1-15(6-2-5-13)8-9-7-10(12)3-4-11(9)14/h3-4,7H,2,5-6,8H2,1H3. The predicted molar refractivity (Wildman–Crippen MR) is 65.8 cm³/mol. The van der Waals surface area contributed by atoms with Gasteiger partial charge in [-0.15, -0.1) is 11.6 Å². The summed E-state index contributed by atoms with van der Waals surface area (Å²) in [6, 6.07) is 5.00. The van der Waals surface area contributed by atoms with Crippen molar-refractivity contribution in [2.24, 2.45) is 0 Å². The van der Waals surface area contributed by atoms with Crippen LogP contribution in [0.25, 0.3) is 0 Å². The van der Waals surface area contributed by atoms with Crippen LogP contribution in [0.3, 0.4) is 0 Å². The van der Waals surface area contributed by atoms with Gasteiger partial charge >= 0.3 is 0 Å². The van der Waals surface area contributed by atoms with Crippen LogP contribution < -0.4 is 0 Å². The third-order valence-electron chi connectivity index (χ3n) is 2.12. The topological polar surface area (TPSA) is 3.24 Å². The minimum absolute atomic E-state index is 0.157. The maximum atomic E-state index is 13.4. The van der Waals surface area contributed by atoms with Crippen LogP contribution in [0.15, 0.2) is 22.7 Å². The number of rotatable bonds is 5. The molecule has 84 valence electrons. The van der Waals surface area contributed by atoms with E-state index in [1.807, 2.05) is 13.1 Å². The molecule has 0 unspecified atom stereocenters. The summed E-state index contributed by atoms with van der Waals surface area (Å²) in [4.78, 5) is 2.06. The highest BCUT2D eigenvalue weighted by atomic mass is 79.9. The molecule has 4 heteroatoms.